The van der Waals surface area contributed by atoms with Crippen molar-refractivity contribution >= 4 is 29.9 Å². The van der Waals surface area contributed by atoms with Gasteiger partial charge in [-0.3, -0.25) is 9.98 Å². The Balaban J connectivity index is 0.00000312. The van der Waals surface area contributed by atoms with Crippen molar-refractivity contribution in [2.24, 2.45) is 10.9 Å². The summed E-state index contributed by atoms with van der Waals surface area (Å²) in [7, 11) is 1.84. The van der Waals surface area contributed by atoms with Crippen LogP contribution in [0.15, 0.2) is 23.3 Å². The van der Waals surface area contributed by atoms with Crippen LogP contribution in [0.5, 0.6) is 0 Å². The van der Waals surface area contributed by atoms with E-state index in [2.05, 4.69) is 51.5 Å². The van der Waals surface area contributed by atoms with Crippen molar-refractivity contribution in [3.63, 3.8) is 0 Å². The van der Waals surface area contributed by atoms with Gasteiger partial charge in [-0.2, -0.15) is 0 Å². The van der Waals surface area contributed by atoms with Crippen LogP contribution < -0.4 is 10.6 Å². The average Bonchev–Trinajstić information content (AvgIpc) is 2.57. The van der Waals surface area contributed by atoms with Crippen LogP contribution in [0.4, 0.5) is 0 Å². The fourth-order valence-corrected chi connectivity index (χ4v) is 3.14. The second-order valence-electron chi connectivity index (χ2n) is 7.17. The average molecular weight is 459 g/mol. The molecule has 1 saturated heterocycles. The molecule has 1 aliphatic rings. The van der Waals surface area contributed by atoms with E-state index < -0.39 is 0 Å². The minimum atomic E-state index is 0. The number of hydrogen-bond acceptors (Lipinski definition) is 3. The Kier molecular flexibility index (Phi) is 10.3. The van der Waals surface area contributed by atoms with Crippen molar-refractivity contribution in [3.8, 4) is 0 Å². The zero-order valence-electron chi connectivity index (χ0n) is 16.1. The van der Waals surface area contributed by atoms with Gasteiger partial charge in [-0.15, -0.1) is 24.0 Å². The first-order valence-corrected chi connectivity index (χ1v) is 9.18. The Bertz CT molecular complexity index is 507. The van der Waals surface area contributed by atoms with Crippen LogP contribution in [-0.4, -0.2) is 55.1 Å². The predicted octanol–water partition coefficient (Wildman–Crippen LogP) is 2.84. The molecule has 2 rings (SSSR count). The Morgan fingerprint density at radius 2 is 2.04 bits per heavy atom. The zero-order valence-corrected chi connectivity index (χ0v) is 18.4. The monoisotopic (exact) mass is 459 g/mol. The largest absolute Gasteiger partial charge is 0.356 e. The number of piperidine rings is 1. The van der Waals surface area contributed by atoms with Gasteiger partial charge >= 0.3 is 0 Å². The predicted molar refractivity (Wildman–Crippen MR) is 117 cm³/mol. The Hall–Kier alpha value is -0.890. The summed E-state index contributed by atoms with van der Waals surface area (Å²) < 4.78 is 0. The van der Waals surface area contributed by atoms with Gasteiger partial charge in [-0.05, 0) is 43.7 Å². The molecular weight excluding hydrogens is 425 g/mol. The maximum Gasteiger partial charge on any atom is 0.191 e. The zero-order chi connectivity index (χ0) is 17.4. The van der Waals surface area contributed by atoms with Gasteiger partial charge < -0.3 is 15.5 Å². The van der Waals surface area contributed by atoms with E-state index in [1.807, 2.05) is 20.2 Å². The van der Waals surface area contributed by atoms with Crippen LogP contribution in [0.3, 0.4) is 0 Å². The molecule has 1 fully saturated rings. The molecule has 2 N–H and O–H groups in total. The Labute approximate surface area is 170 Å². The first kappa shape index (κ1) is 22.2. The minimum Gasteiger partial charge on any atom is -0.356 e. The van der Waals surface area contributed by atoms with E-state index in [0.29, 0.717) is 6.04 Å². The molecule has 0 unspecified atom stereocenters. The second-order valence-corrected chi connectivity index (χ2v) is 7.17. The summed E-state index contributed by atoms with van der Waals surface area (Å²) in [4.78, 5) is 11.3. The lowest BCUT2D eigenvalue weighted by atomic mass is 10.0. The molecule has 0 atom stereocenters. The first-order valence-electron chi connectivity index (χ1n) is 9.18. The highest BCUT2D eigenvalue weighted by atomic mass is 127. The quantitative estimate of drug-likeness (QED) is 0.390. The maximum absolute atomic E-state index is 4.36. The summed E-state index contributed by atoms with van der Waals surface area (Å²) in [6.07, 6.45) is 5.29. The summed E-state index contributed by atoms with van der Waals surface area (Å²) in [5.74, 6) is 1.66. The number of aryl methyl sites for hydroxylation is 1. The maximum atomic E-state index is 4.36. The van der Waals surface area contributed by atoms with Crippen molar-refractivity contribution in [1.29, 1.82) is 0 Å². The lowest BCUT2D eigenvalue weighted by molar-refractivity contribution is 0.187. The van der Waals surface area contributed by atoms with Crippen LogP contribution in [0, 0.1) is 12.8 Å². The van der Waals surface area contributed by atoms with Crippen molar-refractivity contribution in [1.82, 2.24) is 20.5 Å². The van der Waals surface area contributed by atoms with Crippen LogP contribution in [-0.2, 0) is 6.42 Å². The number of guanidine groups is 1. The van der Waals surface area contributed by atoms with Gasteiger partial charge in [-0.25, -0.2) is 0 Å². The standard InChI is InChI=1S/C19H33N5.HI/c1-15(2)14-24-11-8-18(9-12-24)23-19(20-4)21-10-7-17-6-5-16(3)22-13-17;/h5-6,13,15,18H,7-12,14H2,1-4H3,(H2,20,21,23);1H. The van der Waals surface area contributed by atoms with E-state index in [4.69, 9.17) is 0 Å². The molecule has 5 nitrogen and oxygen atoms in total. The fourth-order valence-electron chi connectivity index (χ4n) is 3.14. The lowest BCUT2D eigenvalue weighted by Gasteiger charge is -2.34. The van der Waals surface area contributed by atoms with Crippen LogP contribution in [0.1, 0.15) is 37.9 Å². The van der Waals surface area contributed by atoms with E-state index in [9.17, 15) is 0 Å². The Morgan fingerprint density at radius 1 is 1.32 bits per heavy atom. The topological polar surface area (TPSA) is 52.6 Å². The molecule has 1 aromatic heterocycles. The third kappa shape index (κ3) is 8.35. The summed E-state index contributed by atoms with van der Waals surface area (Å²) >= 11 is 0. The van der Waals surface area contributed by atoms with E-state index in [1.54, 1.807) is 0 Å². The Morgan fingerprint density at radius 3 is 2.60 bits per heavy atom. The molecule has 1 aliphatic heterocycles. The van der Waals surface area contributed by atoms with Gasteiger partial charge in [0.2, 0.25) is 0 Å². The second kappa shape index (κ2) is 11.7. The molecule has 0 spiro atoms. The molecule has 1 aromatic rings. The van der Waals surface area contributed by atoms with Gasteiger partial charge in [0.1, 0.15) is 0 Å². The van der Waals surface area contributed by atoms with E-state index >= 15 is 0 Å². The molecule has 0 bridgehead atoms. The third-order valence-electron chi connectivity index (χ3n) is 4.45. The molecule has 0 radical (unpaired) electrons. The number of nitrogens with one attached hydrogen (secondary N) is 2. The number of rotatable bonds is 6. The minimum absolute atomic E-state index is 0. The number of hydrogen-bond donors (Lipinski definition) is 2. The van der Waals surface area contributed by atoms with Crippen LogP contribution in [0.25, 0.3) is 0 Å². The highest BCUT2D eigenvalue weighted by Gasteiger charge is 2.20. The number of nitrogens with zero attached hydrogens (tertiary/aromatic N) is 3. The lowest BCUT2D eigenvalue weighted by Crippen LogP contribution is -2.49. The normalized spacial score (nSPS) is 16.6. The van der Waals surface area contributed by atoms with E-state index in [-0.39, 0.29) is 24.0 Å². The molecule has 142 valence electrons. The van der Waals surface area contributed by atoms with Gasteiger partial charge in [0.25, 0.3) is 0 Å². The van der Waals surface area contributed by atoms with E-state index in [1.165, 1.54) is 38.0 Å². The molecule has 2 heterocycles. The molecule has 0 amide bonds. The number of halogens is 1. The summed E-state index contributed by atoms with van der Waals surface area (Å²) in [5, 5.41) is 6.99. The smallest absolute Gasteiger partial charge is 0.191 e. The van der Waals surface area contributed by atoms with Gasteiger partial charge in [0.15, 0.2) is 5.96 Å². The highest BCUT2D eigenvalue weighted by molar-refractivity contribution is 14.0. The number of aromatic nitrogens is 1. The molecular formula is C19H34IN5. The SMILES string of the molecule is CN=C(NCCc1ccc(C)nc1)NC1CCN(CC(C)C)CC1.I. The number of likely N-dealkylation sites (tertiary alicyclic amines) is 1. The highest BCUT2D eigenvalue weighted by Crippen LogP contribution is 2.12. The van der Waals surface area contributed by atoms with Gasteiger partial charge in [0, 0.05) is 51.2 Å². The molecule has 25 heavy (non-hydrogen) atoms. The molecule has 0 saturated carbocycles. The summed E-state index contributed by atoms with van der Waals surface area (Å²) in [5.41, 5.74) is 2.32. The van der Waals surface area contributed by atoms with Gasteiger partial charge in [0.05, 0.1) is 0 Å². The third-order valence-corrected chi connectivity index (χ3v) is 4.45. The molecule has 6 heteroatoms. The van der Waals surface area contributed by atoms with Crippen molar-refractivity contribution in [2.45, 2.75) is 46.1 Å². The fraction of sp³-hybridized carbons (Fsp3) is 0.684. The van der Waals surface area contributed by atoms with Crippen LogP contribution >= 0.6 is 24.0 Å². The number of aliphatic imine (C=N–C) groups is 1. The summed E-state index contributed by atoms with van der Waals surface area (Å²) in [6, 6.07) is 4.73. The van der Waals surface area contributed by atoms with Crippen LogP contribution in [0.2, 0.25) is 0 Å². The summed E-state index contributed by atoms with van der Waals surface area (Å²) in [6.45, 7) is 11.0. The van der Waals surface area contributed by atoms with Crippen molar-refractivity contribution in [3.05, 3.63) is 29.6 Å². The van der Waals surface area contributed by atoms with Gasteiger partial charge in [-0.1, -0.05) is 19.9 Å². The van der Waals surface area contributed by atoms with Crippen molar-refractivity contribution < 1.29 is 0 Å². The molecule has 0 aromatic carbocycles. The molecule has 0 aliphatic carbocycles. The number of pyridine rings is 1. The van der Waals surface area contributed by atoms with E-state index in [0.717, 1.165) is 30.5 Å². The first-order chi connectivity index (χ1) is 11.6. The van der Waals surface area contributed by atoms with Crippen molar-refractivity contribution in [2.75, 3.05) is 33.2 Å².